The fourth-order valence-electron chi connectivity index (χ4n) is 1.63. The lowest BCUT2D eigenvalue weighted by atomic mass is 10.2. The maximum absolute atomic E-state index is 11.7. The number of hydrogen-bond donors (Lipinski definition) is 1. The molecule has 0 saturated carbocycles. The quantitative estimate of drug-likeness (QED) is 0.908. The fourth-order valence-corrected chi connectivity index (χ4v) is 2.42. The molecule has 1 N–H and O–H groups in total. The number of hydrogen-bond acceptors (Lipinski definition) is 3. The van der Waals surface area contributed by atoms with E-state index >= 15 is 0 Å². The summed E-state index contributed by atoms with van der Waals surface area (Å²) < 4.78 is 0. The number of pyridine rings is 1. The Labute approximate surface area is 117 Å². The van der Waals surface area contributed by atoms with E-state index in [9.17, 15) is 4.79 Å². The molecule has 19 heavy (non-hydrogen) atoms. The van der Waals surface area contributed by atoms with Crippen LogP contribution in [-0.2, 0) is 10.5 Å². The smallest absolute Gasteiger partial charge is 0.235 e. The predicted molar refractivity (Wildman–Crippen MR) is 80.2 cm³/mol. The van der Waals surface area contributed by atoms with Gasteiger partial charge in [-0.3, -0.25) is 4.79 Å². The number of amides is 1. The Hall–Kier alpha value is -1.81. The van der Waals surface area contributed by atoms with Crippen molar-refractivity contribution in [3.05, 3.63) is 59.8 Å². The van der Waals surface area contributed by atoms with Crippen LogP contribution in [0.2, 0.25) is 0 Å². The van der Waals surface area contributed by atoms with Crippen LogP contribution >= 0.6 is 11.8 Å². The van der Waals surface area contributed by atoms with E-state index in [-0.39, 0.29) is 5.91 Å². The maximum atomic E-state index is 11.7. The molecule has 0 fully saturated rings. The van der Waals surface area contributed by atoms with Gasteiger partial charge in [0, 0.05) is 11.4 Å². The molecular weight excluding hydrogens is 256 g/mol. The molecule has 1 aromatic carbocycles. The molecule has 98 valence electrons. The summed E-state index contributed by atoms with van der Waals surface area (Å²) in [5, 5.41) is 2.80. The van der Waals surface area contributed by atoms with Gasteiger partial charge in [-0.25, -0.2) is 4.98 Å². The lowest BCUT2D eigenvalue weighted by Gasteiger charge is -2.05. The molecule has 0 aliphatic rings. The molecule has 0 aliphatic carbocycles. The van der Waals surface area contributed by atoms with Gasteiger partial charge in [0.2, 0.25) is 5.91 Å². The average molecular weight is 272 g/mol. The van der Waals surface area contributed by atoms with Crippen LogP contribution in [-0.4, -0.2) is 16.6 Å². The van der Waals surface area contributed by atoms with Crippen molar-refractivity contribution in [3.63, 3.8) is 0 Å². The van der Waals surface area contributed by atoms with Crippen LogP contribution in [0, 0.1) is 6.92 Å². The highest BCUT2D eigenvalue weighted by molar-refractivity contribution is 7.99. The first-order chi connectivity index (χ1) is 9.24. The highest BCUT2D eigenvalue weighted by atomic mass is 32.2. The molecule has 1 aromatic heterocycles. The number of benzene rings is 1. The summed E-state index contributed by atoms with van der Waals surface area (Å²) in [6.45, 7) is 1.90. The van der Waals surface area contributed by atoms with Crippen LogP contribution in [0.15, 0.2) is 48.5 Å². The van der Waals surface area contributed by atoms with Crippen molar-refractivity contribution in [2.24, 2.45) is 0 Å². The molecule has 2 rings (SSSR count). The lowest BCUT2D eigenvalue weighted by molar-refractivity contribution is -0.113. The van der Waals surface area contributed by atoms with Crippen molar-refractivity contribution in [1.82, 2.24) is 4.98 Å². The molecule has 0 saturated heterocycles. The normalized spacial score (nSPS) is 10.2. The van der Waals surface area contributed by atoms with Crippen LogP contribution in [0.4, 0.5) is 5.82 Å². The molecule has 0 radical (unpaired) electrons. The van der Waals surface area contributed by atoms with E-state index < -0.39 is 0 Å². The summed E-state index contributed by atoms with van der Waals surface area (Å²) in [7, 11) is 0. The van der Waals surface area contributed by atoms with Crippen molar-refractivity contribution in [2.45, 2.75) is 12.7 Å². The monoisotopic (exact) mass is 272 g/mol. The van der Waals surface area contributed by atoms with Crippen molar-refractivity contribution < 1.29 is 4.79 Å². The van der Waals surface area contributed by atoms with Gasteiger partial charge in [-0.2, -0.15) is 0 Å². The van der Waals surface area contributed by atoms with Gasteiger partial charge < -0.3 is 5.32 Å². The number of aryl methyl sites for hydroxylation is 1. The second-order valence-corrected chi connectivity index (χ2v) is 5.18. The number of nitrogens with zero attached hydrogens (tertiary/aromatic N) is 1. The first kappa shape index (κ1) is 13.6. The zero-order valence-electron chi connectivity index (χ0n) is 10.8. The minimum atomic E-state index is -0.0148. The molecule has 1 heterocycles. The Morgan fingerprint density at radius 3 is 2.68 bits per heavy atom. The van der Waals surface area contributed by atoms with Gasteiger partial charge in [-0.15, -0.1) is 11.8 Å². The minimum Gasteiger partial charge on any atom is -0.310 e. The average Bonchev–Trinajstić information content (AvgIpc) is 2.40. The van der Waals surface area contributed by atoms with E-state index in [1.165, 1.54) is 5.56 Å². The molecule has 0 aliphatic heterocycles. The van der Waals surface area contributed by atoms with Gasteiger partial charge in [0.1, 0.15) is 5.82 Å². The van der Waals surface area contributed by atoms with Gasteiger partial charge in [0.25, 0.3) is 0 Å². The third-order valence-electron chi connectivity index (χ3n) is 2.50. The standard InChI is InChI=1S/C15H16N2OS/c1-12-6-5-9-14(16-12)17-15(18)11-19-10-13-7-3-2-4-8-13/h2-9H,10-11H2,1H3,(H,16,17,18). The van der Waals surface area contributed by atoms with Crippen LogP contribution in [0.1, 0.15) is 11.3 Å². The van der Waals surface area contributed by atoms with Gasteiger partial charge in [-0.05, 0) is 24.6 Å². The number of anilines is 1. The molecular formula is C15H16N2OS. The summed E-state index contributed by atoms with van der Waals surface area (Å²) in [5.41, 5.74) is 2.13. The SMILES string of the molecule is Cc1cccc(NC(=O)CSCc2ccccc2)n1. The van der Waals surface area contributed by atoms with E-state index in [0.29, 0.717) is 11.6 Å². The summed E-state index contributed by atoms with van der Waals surface area (Å²) in [6.07, 6.45) is 0. The van der Waals surface area contributed by atoms with Gasteiger partial charge in [-0.1, -0.05) is 36.4 Å². The van der Waals surface area contributed by atoms with E-state index in [4.69, 9.17) is 0 Å². The number of aromatic nitrogens is 1. The first-order valence-corrected chi connectivity index (χ1v) is 7.25. The molecule has 0 unspecified atom stereocenters. The van der Waals surface area contributed by atoms with E-state index in [0.717, 1.165) is 11.4 Å². The van der Waals surface area contributed by atoms with Gasteiger partial charge >= 0.3 is 0 Å². The molecule has 0 spiro atoms. The van der Waals surface area contributed by atoms with E-state index in [2.05, 4.69) is 22.4 Å². The van der Waals surface area contributed by atoms with Crippen molar-refractivity contribution in [3.8, 4) is 0 Å². The van der Waals surface area contributed by atoms with Crippen molar-refractivity contribution >= 4 is 23.5 Å². The third-order valence-corrected chi connectivity index (χ3v) is 3.50. The Bertz CT molecular complexity index is 543. The van der Waals surface area contributed by atoms with Crippen molar-refractivity contribution in [2.75, 3.05) is 11.1 Å². The largest absolute Gasteiger partial charge is 0.310 e. The zero-order chi connectivity index (χ0) is 13.5. The van der Waals surface area contributed by atoms with Gasteiger partial charge in [0.05, 0.1) is 5.75 Å². The second kappa shape index (κ2) is 6.95. The summed E-state index contributed by atoms with van der Waals surface area (Å²) in [5.74, 6) is 1.88. The lowest BCUT2D eigenvalue weighted by Crippen LogP contribution is -2.15. The molecule has 0 bridgehead atoms. The topological polar surface area (TPSA) is 42.0 Å². The fraction of sp³-hybridized carbons (Fsp3) is 0.200. The summed E-state index contributed by atoms with van der Waals surface area (Å²) in [6, 6.07) is 15.7. The molecule has 4 heteroatoms. The highest BCUT2D eigenvalue weighted by Crippen LogP contribution is 2.12. The van der Waals surface area contributed by atoms with Crippen molar-refractivity contribution in [1.29, 1.82) is 0 Å². The summed E-state index contributed by atoms with van der Waals surface area (Å²) in [4.78, 5) is 16.0. The van der Waals surface area contributed by atoms with E-state index in [1.54, 1.807) is 17.8 Å². The maximum Gasteiger partial charge on any atom is 0.235 e. The molecule has 3 nitrogen and oxygen atoms in total. The highest BCUT2D eigenvalue weighted by Gasteiger charge is 2.03. The first-order valence-electron chi connectivity index (χ1n) is 6.09. The van der Waals surface area contributed by atoms with Crippen LogP contribution < -0.4 is 5.32 Å². The number of nitrogens with one attached hydrogen (secondary N) is 1. The molecule has 0 atom stereocenters. The van der Waals surface area contributed by atoms with Gasteiger partial charge in [0.15, 0.2) is 0 Å². The van der Waals surface area contributed by atoms with Crippen LogP contribution in [0.25, 0.3) is 0 Å². The Morgan fingerprint density at radius 2 is 1.95 bits per heavy atom. The van der Waals surface area contributed by atoms with Crippen LogP contribution in [0.5, 0.6) is 0 Å². The Kier molecular flexibility index (Phi) is 4.98. The zero-order valence-corrected chi connectivity index (χ0v) is 11.6. The third kappa shape index (κ3) is 4.75. The summed E-state index contributed by atoms with van der Waals surface area (Å²) >= 11 is 1.60. The number of thioether (sulfide) groups is 1. The van der Waals surface area contributed by atoms with Crippen LogP contribution in [0.3, 0.4) is 0 Å². The number of carbonyl (C=O) groups excluding carboxylic acids is 1. The Morgan fingerprint density at radius 1 is 1.16 bits per heavy atom. The number of carbonyl (C=O) groups is 1. The van der Waals surface area contributed by atoms with E-state index in [1.807, 2.05) is 37.3 Å². The minimum absolute atomic E-state index is 0.0148. The predicted octanol–water partition coefficient (Wildman–Crippen LogP) is 3.26. The Balaban J connectivity index is 1.76. The second-order valence-electron chi connectivity index (χ2n) is 4.19. The molecule has 1 amide bonds. The number of rotatable bonds is 5. The molecule has 2 aromatic rings.